The third-order valence-electron chi connectivity index (χ3n) is 3.14. The lowest BCUT2D eigenvalue weighted by atomic mass is 10.1. The molecule has 0 bridgehead atoms. The number of thiazole rings is 1. The molecule has 0 unspecified atom stereocenters. The van der Waals surface area contributed by atoms with Gasteiger partial charge in [-0.1, -0.05) is 50.6 Å². The molecule has 0 aromatic carbocycles. The van der Waals surface area contributed by atoms with E-state index in [-0.39, 0.29) is 5.15 Å². The monoisotopic (exact) mass is 318 g/mol. The average Bonchev–Trinajstić information content (AvgIpc) is 2.79. The summed E-state index contributed by atoms with van der Waals surface area (Å²) in [7, 11) is 1.35. The molecule has 0 aliphatic heterocycles. The van der Waals surface area contributed by atoms with Gasteiger partial charge in [-0.25, -0.2) is 9.78 Å². The van der Waals surface area contributed by atoms with Gasteiger partial charge in [0.1, 0.15) is 0 Å². The number of halogens is 1. The van der Waals surface area contributed by atoms with Crippen molar-refractivity contribution in [1.82, 2.24) is 4.98 Å². The topological polar surface area (TPSA) is 42.4 Å². The summed E-state index contributed by atoms with van der Waals surface area (Å²) in [6, 6.07) is 0.408. The predicted octanol–water partition coefficient (Wildman–Crippen LogP) is 4.23. The van der Waals surface area contributed by atoms with Gasteiger partial charge in [0.2, 0.25) is 0 Å². The van der Waals surface area contributed by atoms with E-state index in [1.54, 1.807) is 0 Å². The van der Waals surface area contributed by atoms with Crippen molar-refractivity contribution >= 4 is 34.0 Å². The summed E-state index contributed by atoms with van der Waals surface area (Å²) in [6.07, 6.45) is 2.07. The number of hydrogen-bond acceptors (Lipinski definition) is 5. The lowest BCUT2D eigenvalue weighted by Gasteiger charge is -2.31. The van der Waals surface area contributed by atoms with Crippen molar-refractivity contribution in [2.24, 2.45) is 5.92 Å². The van der Waals surface area contributed by atoms with Crippen LogP contribution >= 0.6 is 22.9 Å². The van der Waals surface area contributed by atoms with Gasteiger partial charge in [-0.2, -0.15) is 0 Å². The molecular formula is C14H23ClN2O2S. The highest BCUT2D eigenvalue weighted by atomic mass is 35.5. The van der Waals surface area contributed by atoms with E-state index in [0.29, 0.717) is 16.8 Å². The molecule has 1 aromatic rings. The molecule has 0 N–H and O–H groups in total. The Hall–Kier alpha value is -0.810. The van der Waals surface area contributed by atoms with Crippen LogP contribution in [0.1, 0.15) is 50.2 Å². The minimum Gasteiger partial charge on any atom is -0.465 e. The van der Waals surface area contributed by atoms with Crippen molar-refractivity contribution in [2.75, 3.05) is 18.6 Å². The minimum atomic E-state index is -0.423. The van der Waals surface area contributed by atoms with Crippen molar-refractivity contribution in [3.8, 4) is 0 Å². The Kier molecular flexibility index (Phi) is 6.76. The van der Waals surface area contributed by atoms with Gasteiger partial charge in [0, 0.05) is 12.6 Å². The fraction of sp³-hybridized carbons (Fsp3) is 0.714. The van der Waals surface area contributed by atoms with Gasteiger partial charge in [-0.05, 0) is 18.8 Å². The highest BCUT2D eigenvalue weighted by Crippen LogP contribution is 2.32. The zero-order valence-corrected chi connectivity index (χ0v) is 14.3. The number of esters is 1. The summed E-state index contributed by atoms with van der Waals surface area (Å²) in [4.78, 5) is 18.6. The second-order valence-corrected chi connectivity index (χ2v) is 6.46. The van der Waals surface area contributed by atoms with E-state index in [4.69, 9.17) is 16.3 Å². The summed E-state index contributed by atoms with van der Waals surface area (Å²) in [5.41, 5.74) is 0. The highest BCUT2D eigenvalue weighted by molar-refractivity contribution is 7.18. The van der Waals surface area contributed by atoms with Gasteiger partial charge in [0.25, 0.3) is 0 Å². The Morgan fingerprint density at radius 2 is 2.00 bits per heavy atom. The first-order valence-corrected chi connectivity index (χ1v) is 8.15. The third-order valence-corrected chi connectivity index (χ3v) is 4.59. The number of ether oxygens (including phenoxy) is 1. The van der Waals surface area contributed by atoms with Gasteiger partial charge in [0.15, 0.2) is 15.2 Å². The van der Waals surface area contributed by atoms with Gasteiger partial charge in [-0.3, -0.25) is 0 Å². The Morgan fingerprint density at radius 3 is 2.45 bits per heavy atom. The zero-order chi connectivity index (χ0) is 15.3. The number of methoxy groups -OCH3 is 1. The van der Waals surface area contributed by atoms with Crippen molar-refractivity contribution in [2.45, 2.75) is 46.6 Å². The van der Waals surface area contributed by atoms with Gasteiger partial charge in [0.05, 0.1) is 7.11 Å². The summed E-state index contributed by atoms with van der Waals surface area (Å²) >= 11 is 7.37. The molecule has 4 nitrogen and oxygen atoms in total. The molecule has 0 aliphatic carbocycles. The standard InChI is InChI=1S/C14H23ClN2O2S/c1-6-10(7-2)17(8-9(3)4)14-16-12(15)11(20-14)13(18)19-5/h9-10H,6-8H2,1-5H3. The Morgan fingerprint density at radius 1 is 1.40 bits per heavy atom. The summed E-state index contributed by atoms with van der Waals surface area (Å²) in [5, 5.41) is 1.04. The van der Waals surface area contributed by atoms with E-state index >= 15 is 0 Å². The van der Waals surface area contributed by atoms with Gasteiger partial charge in [-0.15, -0.1) is 0 Å². The predicted molar refractivity (Wildman–Crippen MR) is 85.0 cm³/mol. The van der Waals surface area contributed by atoms with Crippen molar-refractivity contribution in [3.63, 3.8) is 0 Å². The third kappa shape index (κ3) is 4.09. The van der Waals surface area contributed by atoms with E-state index in [1.165, 1.54) is 18.4 Å². The fourth-order valence-corrected chi connectivity index (χ4v) is 3.42. The van der Waals surface area contributed by atoms with E-state index in [1.807, 2.05) is 0 Å². The molecule has 0 radical (unpaired) electrons. The van der Waals surface area contributed by atoms with E-state index in [9.17, 15) is 4.79 Å². The molecule has 1 rings (SSSR count). The SMILES string of the molecule is CCC(CC)N(CC(C)C)c1nc(Cl)c(C(=O)OC)s1. The maximum Gasteiger partial charge on any atom is 0.351 e. The highest BCUT2D eigenvalue weighted by Gasteiger charge is 2.24. The van der Waals surface area contributed by atoms with Crippen LogP contribution in [-0.2, 0) is 4.74 Å². The molecule has 0 saturated heterocycles. The lowest BCUT2D eigenvalue weighted by Crippen LogP contribution is -2.37. The van der Waals surface area contributed by atoms with E-state index in [0.717, 1.165) is 24.5 Å². The van der Waals surface area contributed by atoms with Gasteiger partial charge < -0.3 is 9.64 Å². The Bertz CT molecular complexity index is 444. The van der Waals surface area contributed by atoms with Crippen LogP contribution < -0.4 is 4.90 Å². The first-order chi connectivity index (χ1) is 9.44. The number of anilines is 1. The zero-order valence-electron chi connectivity index (χ0n) is 12.8. The molecule has 0 atom stereocenters. The number of carbonyl (C=O) groups excluding carboxylic acids is 1. The van der Waals surface area contributed by atoms with Crippen LogP contribution in [-0.4, -0.2) is 30.6 Å². The average molecular weight is 319 g/mol. The summed E-state index contributed by atoms with van der Waals surface area (Å²) in [5.74, 6) is 0.0904. The van der Waals surface area contributed by atoms with Crippen LogP contribution in [0.2, 0.25) is 5.15 Å². The molecule has 1 heterocycles. The molecule has 6 heteroatoms. The summed E-state index contributed by atoms with van der Waals surface area (Å²) < 4.78 is 4.73. The fourth-order valence-electron chi connectivity index (χ4n) is 2.14. The lowest BCUT2D eigenvalue weighted by molar-refractivity contribution is 0.0606. The molecular weight excluding hydrogens is 296 g/mol. The van der Waals surface area contributed by atoms with Crippen molar-refractivity contribution in [1.29, 1.82) is 0 Å². The summed E-state index contributed by atoms with van der Waals surface area (Å²) in [6.45, 7) is 9.57. The number of rotatable bonds is 7. The number of nitrogens with zero attached hydrogens (tertiary/aromatic N) is 2. The van der Waals surface area contributed by atoms with Crippen LogP contribution in [0.3, 0.4) is 0 Å². The first-order valence-electron chi connectivity index (χ1n) is 6.95. The molecule has 114 valence electrons. The number of aromatic nitrogens is 1. The van der Waals surface area contributed by atoms with E-state index in [2.05, 4.69) is 37.6 Å². The normalized spacial score (nSPS) is 11.2. The number of carbonyl (C=O) groups is 1. The largest absolute Gasteiger partial charge is 0.465 e. The van der Waals surface area contributed by atoms with Crippen LogP contribution in [0.25, 0.3) is 0 Å². The molecule has 0 spiro atoms. The molecule has 20 heavy (non-hydrogen) atoms. The quantitative estimate of drug-likeness (QED) is 0.705. The number of hydrogen-bond donors (Lipinski definition) is 0. The van der Waals surface area contributed by atoms with Crippen LogP contribution in [0.4, 0.5) is 5.13 Å². The smallest absolute Gasteiger partial charge is 0.351 e. The second-order valence-electron chi connectivity index (χ2n) is 5.12. The minimum absolute atomic E-state index is 0.233. The maximum atomic E-state index is 11.6. The van der Waals surface area contributed by atoms with Crippen LogP contribution in [0.5, 0.6) is 0 Å². The maximum absolute atomic E-state index is 11.6. The molecule has 0 aliphatic rings. The van der Waals surface area contributed by atoms with Crippen LogP contribution in [0.15, 0.2) is 0 Å². The first kappa shape index (κ1) is 17.2. The second kappa shape index (κ2) is 7.84. The molecule has 0 saturated carbocycles. The van der Waals surface area contributed by atoms with Crippen molar-refractivity contribution in [3.05, 3.63) is 10.0 Å². The van der Waals surface area contributed by atoms with Gasteiger partial charge >= 0.3 is 5.97 Å². The van der Waals surface area contributed by atoms with Crippen molar-refractivity contribution < 1.29 is 9.53 Å². The van der Waals surface area contributed by atoms with Crippen LogP contribution in [0, 0.1) is 5.92 Å². The Balaban J connectivity index is 3.10. The Labute approximate surface area is 130 Å². The molecule has 0 fully saturated rings. The van der Waals surface area contributed by atoms with E-state index < -0.39 is 5.97 Å². The molecule has 0 amide bonds. The molecule has 1 aromatic heterocycles.